The highest BCUT2D eigenvalue weighted by Crippen LogP contribution is 2.30. The molecule has 1 aliphatic rings. The molecule has 0 unspecified atom stereocenters. The van der Waals surface area contributed by atoms with Crippen LogP contribution in [0.1, 0.15) is 30.5 Å². The molecule has 3 aromatic carbocycles. The molecule has 0 spiro atoms. The molecule has 3 heterocycles. The molecule has 0 radical (unpaired) electrons. The van der Waals surface area contributed by atoms with E-state index < -0.39 is 21.5 Å². The predicted octanol–water partition coefficient (Wildman–Crippen LogP) is 5.06. The van der Waals surface area contributed by atoms with Crippen LogP contribution in [0.5, 0.6) is 0 Å². The SMILES string of the molecule is Cc1c(NC(=O)/C(C#N)=C\c2cn(-c3ccccc3)nc2-c2cccc(S(=O)(=O)N3CCCCC3)c2)c(=O)n(-c2ccccc2)n1C. The van der Waals surface area contributed by atoms with Crippen LogP contribution in [-0.2, 0) is 21.9 Å². The molecular formula is C35H33N7O4S. The van der Waals surface area contributed by atoms with Crippen LogP contribution in [0.4, 0.5) is 5.69 Å². The van der Waals surface area contributed by atoms with Gasteiger partial charge in [-0.1, -0.05) is 55.0 Å². The molecule has 5 aromatic rings. The Kier molecular flexibility index (Phi) is 8.76. The van der Waals surface area contributed by atoms with Crippen molar-refractivity contribution >= 4 is 27.7 Å². The molecule has 12 heteroatoms. The maximum Gasteiger partial charge on any atom is 0.295 e. The predicted molar refractivity (Wildman–Crippen MR) is 180 cm³/mol. The highest BCUT2D eigenvalue weighted by atomic mass is 32.2. The van der Waals surface area contributed by atoms with Crippen LogP contribution in [-0.4, -0.2) is 50.9 Å². The molecule has 0 saturated carbocycles. The molecule has 11 nitrogen and oxygen atoms in total. The first kappa shape index (κ1) is 31.5. The first-order chi connectivity index (χ1) is 22.7. The van der Waals surface area contributed by atoms with Gasteiger partial charge in [0.1, 0.15) is 23.0 Å². The van der Waals surface area contributed by atoms with Crippen molar-refractivity contribution in [3.63, 3.8) is 0 Å². The van der Waals surface area contributed by atoms with E-state index >= 15 is 0 Å². The Morgan fingerprint density at radius 2 is 1.60 bits per heavy atom. The van der Waals surface area contributed by atoms with E-state index in [1.54, 1.807) is 65.9 Å². The van der Waals surface area contributed by atoms with E-state index in [1.165, 1.54) is 15.1 Å². The second kappa shape index (κ2) is 13.1. The molecule has 0 bridgehead atoms. The summed E-state index contributed by atoms with van der Waals surface area (Å²) in [6.45, 7) is 2.65. The summed E-state index contributed by atoms with van der Waals surface area (Å²) in [6, 6.07) is 26.8. The average molecular weight is 648 g/mol. The van der Waals surface area contributed by atoms with Crippen molar-refractivity contribution in [1.82, 2.24) is 23.4 Å². The van der Waals surface area contributed by atoms with Gasteiger partial charge in [0.05, 0.1) is 22.0 Å². The number of aromatic nitrogens is 4. The van der Waals surface area contributed by atoms with Crippen molar-refractivity contribution < 1.29 is 13.2 Å². The highest BCUT2D eigenvalue weighted by molar-refractivity contribution is 7.89. The van der Waals surface area contributed by atoms with Gasteiger partial charge in [0, 0.05) is 37.5 Å². The van der Waals surface area contributed by atoms with Crippen LogP contribution in [0.15, 0.2) is 106 Å². The summed E-state index contributed by atoms with van der Waals surface area (Å²) >= 11 is 0. The van der Waals surface area contributed by atoms with E-state index in [2.05, 4.69) is 5.32 Å². The van der Waals surface area contributed by atoms with Crippen LogP contribution in [0.2, 0.25) is 0 Å². The van der Waals surface area contributed by atoms with Gasteiger partial charge in [-0.15, -0.1) is 0 Å². The molecule has 0 aliphatic carbocycles. The lowest BCUT2D eigenvalue weighted by atomic mass is 10.1. The van der Waals surface area contributed by atoms with Crippen LogP contribution in [0.25, 0.3) is 28.7 Å². The Balaban J connectivity index is 1.40. The largest absolute Gasteiger partial charge is 0.315 e. The lowest BCUT2D eigenvalue weighted by Gasteiger charge is -2.26. The summed E-state index contributed by atoms with van der Waals surface area (Å²) in [7, 11) is -2.01. The number of piperidine rings is 1. The van der Waals surface area contributed by atoms with Crippen molar-refractivity contribution in [2.45, 2.75) is 31.1 Å². The Morgan fingerprint density at radius 3 is 2.26 bits per heavy atom. The molecule has 1 saturated heterocycles. The molecule has 1 aliphatic heterocycles. The fraction of sp³-hybridized carbons (Fsp3) is 0.200. The number of benzene rings is 3. The summed E-state index contributed by atoms with van der Waals surface area (Å²) in [4.78, 5) is 27.1. The lowest BCUT2D eigenvalue weighted by molar-refractivity contribution is -0.112. The maximum absolute atomic E-state index is 13.5. The van der Waals surface area contributed by atoms with Gasteiger partial charge < -0.3 is 5.32 Å². The number of nitrogens with one attached hydrogen (secondary N) is 1. The smallest absolute Gasteiger partial charge is 0.295 e. The summed E-state index contributed by atoms with van der Waals surface area (Å²) < 4.78 is 33.2. The number of para-hydroxylation sites is 2. The zero-order valence-electron chi connectivity index (χ0n) is 26.0. The summed E-state index contributed by atoms with van der Waals surface area (Å²) in [6.07, 6.45) is 5.71. The standard InChI is InChI=1S/C35H33N7O4S/c1-25-32(35(44)42(39(25)2)30-16-8-4-9-17-30)37-34(43)27(23-36)21-28-24-41(29-14-6-3-7-15-29)38-33(28)26-13-12-18-31(22-26)47(45,46)40-19-10-5-11-20-40/h3-4,6-9,12-18,21-22,24H,5,10-11,19-20H2,1-2H3,(H,37,43)/b27-21-. The minimum Gasteiger partial charge on any atom is -0.315 e. The first-order valence-electron chi connectivity index (χ1n) is 15.2. The van der Waals surface area contributed by atoms with Crippen molar-refractivity contribution in [2.24, 2.45) is 7.05 Å². The molecule has 6 rings (SSSR count). The van der Waals surface area contributed by atoms with Gasteiger partial charge in [-0.3, -0.25) is 14.3 Å². The molecule has 47 heavy (non-hydrogen) atoms. The third-order valence-corrected chi connectivity index (χ3v) is 10.2. The Bertz CT molecular complexity index is 2190. The van der Waals surface area contributed by atoms with Crippen molar-refractivity contribution in [1.29, 1.82) is 5.26 Å². The molecule has 1 fully saturated rings. The van der Waals surface area contributed by atoms with Gasteiger partial charge in [-0.05, 0) is 62.2 Å². The van der Waals surface area contributed by atoms with E-state index in [9.17, 15) is 23.3 Å². The monoisotopic (exact) mass is 647 g/mol. The fourth-order valence-corrected chi connectivity index (χ4v) is 7.25. The minimum absolute atomic E-state index is 0.0540. The molecule has 1 amide bonds. The summed E-state index contributed by atoms with van der Waals surface area (Å²) in [5, 5.41) is 17.5. The second-order valence-corrected chi connectivity index (χ2v) is 13.2. The number of carbonyl (C=O) groups excluding carboxylic acids is 1. The van der Waals surface area contributed by atoms with Crippen molar-refractivity contribution in [3.8, 4) is 28.7 Å². The number of rotatable bonds is 8. The third kappa shape index (κ3) is 6.18. The van der Waals surface area contributed by atoms with E-state index in [0.29, 0.717) is 41.3 Å². The van der Waals surface area contributed by atoms with Gasteiger partial charge >= 0.3 is 0 Å². The average Bonchev–Trinajstić information content (AvgIpc) is 3.62. The quantitative estimate of drug-likeness (QED) is 0.185. The summed E-state index contributed by atoms with van der Waals surface area (Å²) in [5.74, 6) is -0.765. The van der Waals surface area contributed by atoms with Gasteiger partial charge in [-0.2, -0.15) is 14.7 Å². The Labute approximate surface area is 272 Å². The second-order valence-electron chi connectivity index (χ2n) is 11.3. The summed E-state index contributed by atoms with van der Waals surface area (Å²) in [5.41, 5.74) is 2.53. The van der Waals surface area contributed by atoms with Gasteiger partial charge in [0.2, 0.25) is 10.0 Å². The number of amides is 1. The number of sulfonamides is 1. The zero-order valence-corrected chi connectivity index (χ0v) is 26.8. The van der Waals surface area contributed by atoms with E-state index in [4.69, 9.17) is 5.10 Å². The number of nitriles is 1. The fourth-order valence-electron chi connectivity index (χ4n) is 5.69. The van der Waals surface area contributed by atoms with Crippen molar-refractivity contribution in [3.05, 3.63) is 118 Å². The van der Waals surface area contributed by atoms with Gasteiger partial charge in [-0.25, -0.2) is 17.8 Å². The number of anilines is 1. The molecule has 0 atom stereocenters. The van der Waals surface area contributed by atoms with Crippen LogP contribution < -0.4 is 10.9 Å². The molecule has 2 aromatic heterocycles. The first-order valence-corrected chi connectivity index (χ1v) is 16.7. The van der Waals surface area contributed by atoms with E-state index in [1.807, 2.05) is 54.6 Å². The lowest BCUT2D eigenvalue weighted by Crippen LogP contribution is -2.35. The molecule has 238 valence electrons. The van der Waals surface area contributed by atoms with Crippen LogP contribution in [0, 0.1) is 18.3 Å². The van der Waals surface area contributed by atoms with Crippen LogP contribution >= 0.6 is 0 Å². The normalized spacial score (nSPS) is 14.1. The van der Waals surface area contributed by atoms with E-state index in [0.717, 1.165) is 24.9 Å². The van der Waals surface area contributed by atoms with Crippen molar-refractivity contribution in [2.75, 3.05) is 18.4 Å². The topological polar surface area (TPSA) is 135 Å². The van der Waals surface area contributed by atoms with Gasteiger partial charge in [0.15, 0.2) is 0 Å². The zero-order chi connectivity index (χ0) is 33.1. The number of nitrogens with zero attached hydrogens (tertiary/aromatic N) is 6. The number of hydrogen-bond acceptors (Lipinski definition) is 6. The highest BCUT2D eigenvalue weighted by Gasteiger charge is 2.27. The van der Waals surface area contributed by atoms with Crippen LogP contribution in [0.3, 0.4) is 0 Å². The molecule has 1 N–H and O–H groups in total. The minimum atomic E-state index is -3.72. The third-order valence-electron chi connectivity index (χ3n) is 8.28. The molecular weight excluding hydrogens is 614 g/mol. The number of hydrogen-bond donors (Lipinski definition) is 1. The maximum atomic E-state index is 13.5. The number of carbonyl (C=O) groups is 1. The Hall–Kier alpha value is -5.51. The van der Waals surface area contributed by atoms with Gasteiger partial charge in [0.25, 0.3) is 11.5 Å². The van der Waals surface area contributed by atoms with E-state index in [-0.39, 0.29) is 16.2 Å². The Morgan fingerprint density at radius 1 is 0.936 bits per heavy atom.